The maximum atomic E-state index is 12.3. The Morgan fingerprint density at radius 3 is 2.94 bits per heavy atom. The van der Waals surface area contributed by atoms with Gasteiger partial charge in [-0.2, -0.15) is 13.2 Å². The largest absolute Gasteiger partial charge is 0.393 e. The summed E-state index contributed by atoms with van der Waals surface area (Å²) in [6.45, 7) is 1.14. The zero-order valence-corrected chi connectivity index (χ0v) is 16.5. The van der Waals surface area contributed by atoms with Gasteiger partial charge in [-0.05, 0) is 23.8 Å². The molecule has 162 valence electrons. The molecule has 3 aromatic rings. The predicted octanol–water partition coefficient (Wildman–Crippen LogP) is 4.20. The summed E-state index contributed by atoms with van der Waals surface area (Å²) in [4.78, 5) is 21.5. The van der Waals surface area contributed by atoms with Crippen LogP contribution in [0.15, 0.2) is 53.9 Å². The molecule has 3 heterocycles. The number of hydrogen-bond acceptors (Lipinski definition) is 5. The van der Waals surface area contributed by atoms with Crippen LogP contribution in [0.5, 0.6) is 0 Å². The van der Waals surface area contributed by atoms with Crippen molar-refractivity contribution >= 4 is 17.6 Å². The number of rotatable bonds is 9. The van der Waals surface area contributed by atoms with Gasteiger partial charge in [0, 0.05) is 30.2 Å². The molecule has 1 aliphatic heterocycles. The minimum Gasteiger partial charge on any atom is -0.393 e. The lowest BCUT2D eigenvalue weighted by atomic mass is 10.0. The number of carbonyl (C=O) groups excluding carboxylic acids is 1. The van der Waals surface area contributed by atoms with E-state index in [1.165, 1.54) is 0 Å². The van der Waals surface area contributed by atoms with Gasteiger partial charge in [0.2, 0.25) is 0 Å². The molecule has 0 saturated carbocycles. The van der Waals surface area contributed by atoms with Gasteiger partial charge in [-0.1, -0.05) is 23.4 Å². The van der Waals surface area contributed by atoms with Gasteiger partial charge in [-0.3, -0.25) is 9.20 Å². The summed E-state index contributed by atoms with van der Waals surface area (Å²) in [7, 11) is 0. The average Bonchev–Trinajstić information content (AvgIpc) is 3.46. The smallest absolute Gasteiger partial charge is 0.389 e. The second kappa shape index (κ2) is 8.89. The number of imidazole rings is 1. The number of Topliss-reactive ketones (excluding diaryl/α,β-unsaturated/α-hetero) is 1. The number of alkyl halides is 3. The maximum absolute atomic E-state index is 12.3. The molecule has 0 bridgehead atoms. The molecule has 31 heavy (non-hydrogen) atoms. The number of oxime groups is 1. The Balaban J connectivity index is 1.45. The summed E-state index contributed by atoms with van der Waals surface area (Å²) in [5.74, 6) is -0.438. The van der Waals surface area contributed by atoms with Gasteiger partial charge in [0.05, 0.1) is 31.1 Å². The molecule has 9 heteroatoms. The van der Waals surface area contributed by atoms with E-state index in [1.807, 2.05) is 28.8 Å². The number of benzene rings is 1. The van der Waals surface area contributed by atoms with E-state index < -0.39 is 24.8 Å². The summed E-state index contributed by atoms with van der Waals surface area (Å²) in [6, 6.07) is 10.9. The van der Waals surface area contributed by atoms with Gasteiger partial charge in [0.1, 0.15) is 24.1 Å². The van der Waals surface area contributed by atoms with E-state index in [-0.39, 0.29) is 12.5 Å². The number of carbonyl (C=O) groups is 1. The van der Waals surface area contributed by atoms with Crippen LogP contribution in [0.25, 0.3) is 16.9 Å². The lowest BCUT2D eigenvalue weighted by molar-refractivity contribution is -0.143. The van der Waals surface area contributed by atoms with Crippen molar-refractivity contribution in [3.05, 3.63) is 59.9 Å². The van der Waals surface area contributed by atoms with E-state index >= 15 is 0 Å². The van der Waals surface area contributed by atoms with E-state index in [0.29, 0.717) is 24.4 Å². The molecule has 2 aromatic heterocycles. The molecular weight excluding hydrogens is 411 g/mol. The highest BCUT2D eigenvalue weighted by Gasteiger charge is 2.27. The molecule has 1 aliphatic rings. The molecule has 1 unspecified atom stereocenters. The van der Waals surface area contributed by atoms with Crippen LogP contribution in [-0.2, 0) is 20.8 Å². The summed E-state index contributed by atoms with van der Waals surface area (Å²) in [5.41, 5.74) is 3.83. The van der Waals surface area contributed by atoms with Gasteiger partial charge in [-0.25, -0.2) is 4.98 Å². The third-order valence-electron chi connectivity index (χ3n) is 4.79. The number of ether oxygens (including phenoxy) is 1. The van der Waals surface area contributed by atoms with E-state index in [0.717, 1.165) is 16.8 Å². The number of fused-ring (bicyclic) bond motifs is 1. The van der Waals surface area contributed by atoms with Crippen molar-refractivity contribution in [3.63, 3.8) is 0 Å². The number of nitrogens with zero attached hydrogens (tertiary/aromatic N) is 3. The number of pyridine rings is 1. The van der Waals surface area contributed by atoms with E-state index in [2.05, 4.69) is 10.1 Å². The van der Waals surface area contributed by atoms with Crippen LogP contribution < -0.4 is 0 Å². The fraction of sp³-hybridized carbons (Fsp3) is 0.318. The van der Waals surface area contributed by atoms with Crippen LogP contribution in [0, 0.1) is 0 Å². The molecular formula is C22H20F3N3O3. The van der Waals surface area contributed by atoms with Crippen molar-refractivity contribution in [2.75, 3.05) is 13.2 Å². The number of aromatic nitrogens is 2. The Morgan fingerprint density at radius 2 is 2.16 bits per heavy atom. The Morgan fingerprint density at radius 1 is 1.32 bits per heavy atom. The molecule has 0 N–H and O–H groups in total. The van der Waals surface area contributed by atoms with Crippen molar-refractivity contribution in [1.29, 1.82) is 0 Å². The minimum atomic E-state index is -4.32. The van der Waals surface area contributed by atoms with Gasteiger partial charge < -0.3 is 9.57 Å². The molecule has 1 atom stereocenters. The molecule has 4 rings (SSSR count). The first-order valence-electron chi connectivity index (χ1n) is 9.79. The zero-order valence-electron chi connectivity index (χ0n) is 16.5. The number of ketones is 1. The molecule has 1 fully saturated rings. The van der Waals surface area contributed by atoms with E-state index in [9.17, 15) is 18.0 Å². The summed E-state index contributed by atoms with van der Waals surface area (Å²) >= 11 is 0. The predicted molar refractivity (Wildman–Crippen MR) is 108 cm³/mol. The minimum absolute atomic E-state index is 0.0346. The number of halogens is 3. The number of hydrogen-bond donors (Lipinski definition) is 0. The van der Waals surface area contributed by atoms with Crippen molar-refractivity contribution in [1.82, 2.24) is 9.38 Å². The van der Waals surface area contributed by atoms with Crippen molar-refractivity contribution in [2.24, 2.45) is 5.16 Å². The molecule has 6 nitrogen and oxygen atoms in total. The van der Waals surface area contributed by atoms with Crippen LogP contribution in [0.3, 0.4) is 0 Å². The number of epoxide rings is 1. The monoisotopic (exact) mass is 431 g/mol. The highest BCUT2D eigenvalue weighted by atomic mass is 19.4. The fourth-order valence-corrected chi connectivity index (χ4v) is 3.12. The van der Waals surface area contributed by atoms with Crippen LogP contribution >= 0.6 is 0 Å². The second-order valence-electron chi connectivity index (χ2n) is 7.35. The molecule has 0 aliphatic carbocycles. The third-order valence-corrected chi connectivity index (χ3v) is 4.79. The lowest BCUT2D eigenvalue weighted by Gasteiger charge is -2.07. The highest BCUT2D eigenvalue weighted by molar-refractivity contribution is 5.82. The van der Waals surface area contributed by atoms with Gasteiger partial charge in [-0.15, -0.1) is 0 Å². The van der Waals surface area contributed by atoms with Crippen molar-refractivity contribution in [2.45, 2.75) is 31.5 Å². The second-order valence-corrected chi connectivity index (χ2v) is 7.35. The van der Waals surface area contributed by atoms with E-state index in [4.69, 9.17) is 9.57 Å². The Kier molecular flexibility index (Phi) is 6.03. The lowest BCUT2D eigenvalue weighted by Crippen LogP contribution is -2.12. The molecule has 0 radical (unpaired) electrons. The topological polar surface area (TPSA) is 68.5 Å². The Bertz CT molecular complexity index is 1100. The fourth-order valence-electron chi connectivity index (χ4n) is 3.12. The SMILES string of the molecule is O=C(CCC(F)(F)F)Cc1cccc(-c2cnc3cc(/C=N\OCC4CO4)ccn23)c1. The summed E-state index contributed by atoms with van der Waals surface area (Å²) in [5, 5.41) is 3.92. The Labute approximate surface area is 176 Å². The highest BCUT2D eigenvalue weighted by Crippen LogP contribution is 2.24. The quantitative estimate of drug-likeness (QED) is 0.289. The maximum Gasteiger partial charge on any atom is 0.389 e. The average molecular weight is 431 g/mol. The van der Waals surface area contributed by atoms with Crippen LogP contribution in [0.4, 0.5) is 13.2 Å². The molecule has 0 amide bonds. The third kappa shape index (κ3) is 5.91. The first kappa shape index (κ1) is 21.0. The zero-order chi connectivity index (χ0) is 21.8. The molecule has 0 spiro atoms. The van der Waals surface area contributed by atoms with Crippen molar-refractivity contribution in [3.8, 4) is 11.3 Å². The van der Waals surface area contributed by atoms with Gasteiger partial charge in [0.25, 0.3) is 0 Å². The normalized spacial score (nSPS) is 16.2. The first-order valence-corrected chi connectivity index (χ1v) is 9.79. The van der Waals surface area contributed by atoms with Crippen LogP contribution in [-0.4, -0.2) is 46.9 Å². The molecule has 1 saturated heterocycles. The Hall–Kier alpha value is -3.20. The molecule has 1 aromatic carbocycles. The first-order chi connectivity index (χ1) is 14.9. The summed E-state index contributed by atoms with van der Waals surface area (Å²) < 4.78 is 43.9. The van der Waals surface area contributed by atoms with Gasteiger partial charge >= 0.3 is 6.18 Å². The standard InChI is InChI=1S/C22H20F3N3O3/c23-22(24,25)6-4-18(29)9-15-2-1-3-17(8-15)20-12-26-21-10-16(5-7-28(20)21)11-27-31-14-19-13-30-19/h1-3,5,7-8,10-12,19H,4,6,9,13-14H2/b27-11-. The van der Waals surface area contributed by atoms with E-state index in [1.54, 1.807) is 30.6 Å². The van der Waals surface area contributed by atoms with Crippen LogP contribution in [0.1, 0.15) is 24.0 Å². The van der Waals surface area contributed by atoms with Crippen molar-refractivity contribution < 1.29 is 27.5 Å². The van der Waals surface area contributed by atoms with Gasteiger partial charge in [0.15, 0.2) is 0 Å². The summed E-state index contributed by atoms with van der Waals surface area (Å²) in [6.07, 6.45) is -0.655. The van der Waals surface area contributed by atoms with Crippen LogP contribution in [0.2, 0.25) is 0 Å².